The van der Waals surface area contributed by atoms with Crippen molar-refractivity contribution >= 4 is 11.9 Å². The van der Waals surface area contributed by atoms with Crippen LogP contribution in [0, 0.1) is 5.92 Å². The summed E-state index contributed by atoms with van der Waals surface area (Å²) >= 11 is 0. The second-order valence-corrected chi connectivity index (χ2v) is 4.20. The van der Waals surface area contributed by atoms with E-state index in [1.165, 1.54) is 6.92 Å². The molecule has 0 rings (SSSR count). The Morgan fingerprint density at radius 2 is 1.69 bits per heavy atom. The van der Waals surface area contributed by atoms with Crippen molar-refractivity contribution in [1.82, 2.24) is 0 Å². The van der Waals surface area contributed by atoms with Crippen molar-refractivity contribution in [1.29, 1.82) is 0 Å². The van der Waals surface area contributed by atoms with Gasteiger partial charge in [0.05, 0.1) is 0 Å². The first-order valence-electron chi connectivity index (χ1n) is 5.81. The first-order chi connectivity index (χ1) is 7.52. The van der Waals surface area contributed by atoms with Crippen LogP contribution < -0.4 is 0 Å². The van der Waals surface area contributed by atoms with E-state index in [-0.39, 0.29) is 25.2 Å². The quantitative estimate of drug-likeness (QED) is 0.474. The van der Waals surface area contributed by atoms with Gasteiger partial charge in [0, 0.05) is 13.3 Å². The minimum atomic E-state index is -0.354. The molecule has 0 saturated carbocycles. The van der Waals surface area contributed by atoms with E-state index in [9.17, 15) is 9.59 Å². The van der Waals surface area contributed by atoms with Crippen LogP contribution in [0.2, 0.25) is 0 Å². The van der Waals surface area contributed by atoms with E-state index in [2.05, 4.69) is 18.6 Å². The zero-order valence-electron chi connectivity index (χ0n) is 10.5. The highest BCUT2D eigenvalue weighted by molar-refractivity contribution is 5.69. The van der Waals surface area contributed by atoms with Crippen LogP contribution in [-0.4, -0.2) is 25.2 Å². The molecule has 0 saturated heterocycles. The standard InChI is InChI=1S/C12H22O4/c1-10(2)6-4-5-7-12(14)16-9-8-15-11(3)13/h10H,4-9H2,1-3H3. The van der Waals surface area contributed by atoms with Crippen molar-refractivity contribution in [2.75, 3.05) is 13.2 Å². The fraction of sp³-hybridized carbons (Fsp3) is 0.833. The van der Waals surface area contributed by atoms with Crippen LogP contribution in [0.15, 0.2) is 0 Å². The van der Waals surface area contributed by atoms with Crippen LogP contribution in [0.1, 0.15) is 46.5 Å². The minimum absolute atomic E-state index is 0.146. The largest absolute Gasteiger partial charge is 0.462 e. The van der Waals surface area contributed by atoms with E-state index >= 15 is 0 Å². The number of rotatable bonds is 8. The molecule has 0 fully saturated rings. The highest BCUT2D eigenvalue weighted by Crippen LogP contribution is 2.08. The smallest absolute Gasteiger partial charge is 0.305 e. The molecule has 0 heterocycles. The summed E-state index contributed by atoms with van der Waals surface area (Å²) in [5.74, 6) is 0.115. The molecule has 0 aliphatic carbocycles. The lowest BCUT2D eigenvalue weighted by Crippen LogP contribution is -2.12. The number of esters is 2. The maximum absolute atomic E-state index is 11.2. The first-order valence-corrected chi connectivity index (χ1v) is 5.81. The first kappa shape index (κ1) is 14.9. The van der Waals surface area contributed by atoms with Crippen molar-refractivity contribution in [3.63, 3.8) is 0 Å². The third-order valence-electron chi connectivity index (χ3n) is 2.06. The maximum atomic E-state index is 11.2. The Morgan fingerprint density at radius 3 is 2.25 bits per heavy atom. The molecule has 0 aliphatic rings. The lowest BCUT2D eigenvalue weighted by molar-refractivity contribution is -0.151. The van der Waals surface area contributed by atoms with Gasteiger partial charge in [-0.15, -0.1) is 0 Å². The summed E-state index contributed by atoms with van der Waals surface area (Å²) < 4.78 is 9.52. The molecule has 94 valence electrons. The molecule has 0 aromatic heterocycles. The molecular weight excluding hydrogens is 208 g/mol. The average Bonchev–Trinajstić information content (AvgIpc) is 2.19. The Labute approximate surface area is 97.3 Å². The van der Waals surface area contributed by atoms with Gasteiger partial charge in [0.1, 0.15) is 13.2 Å². The number of unbranched alkanes of at least 4 members (excludes halogenated alkanes) is 1. The summed E-state index contributed by atoms with van der Waals surface area (Å²) in [6, 6.07) is 0. The van der Waals surface area contributed by atoms with E-state index in [1.54, 1.807) is 0 Å². The minimum Gasteiger partial charge on any atom is -0.462 e. The van der Waals surface area contributed by atoms with Gasteiger partial charge in [0.2, 0.25) is 0 Å². The Hall–Kier alpha value is -1.06. The van der Waals surface area contributed by atoms with E-state index in [0.29, 0.717) is 12.3 Å². The van der Waals surface area contributed by atoms with Crippen molar-refractivity contribution in [3.05, 3.63) is 0 Å². The van der Waals surface area contributed by atoms with Crippen LogP contribution in [-0.2, 0) is 19.1 Å². The van der Waals surface area contributed by atoms with Gasteiger partial charge < -0.3 is 9.47 Å². The highest BCUT2D eigenvalue weighted by atomic mass is 16.6. The molecule has 0 aromatic carbocycles. The number of hydrogen-bond acceptors (Lipinski definition) is 4. The van der Waals surface area contributed by atoms with E-state index in [4.69, 9.17) is 4.74 Å². The summed E-state index contributed by atoms with van der Waals surface area (Å²) in [4.78, 5) is 21.6. The molecular formula is C12H22O4. The molecule has 16 heavy (non-hydrogen) atoms. The van der Waals surface area contributed by atoms with Gasteiger partial charge in [-0.05, 0) is 12.3 Å². The Bertz CT molecular complexity index is 211. The number of carbonyl (C=O) groups is 2. The molecule has 4 heteroatoms. The van der Waals surface area contributed by atoms with Gasteiger partial charge in [0.25, 0.3) is 0 Å². The molecule has 0 spiro atoms. The van der Waals surface area contributed by atoms with Gasteiger partial charge >= 0.3 is 11.9 Å². The molecule has 0 radical (unpaired) electrons. The fourth-order valence-corrected chi connectivity index (χ4v) is 1.23. The van der Waals surface area contributed by atoms with Crippen LogP contribution in [0.4, 0.5) is 0 Å². The number of ether oxygens (including phenoxy) is 2. The third-order valence-corrected chi connectivity index (χ3v) is 2.06. The topological polar surface area (TPSA) is 52.6 Å². The zero-order chi connectivity index (χ0) is 12.4. The van der Waals surface area contributed by atoms with Gasteiger partial charge in [-0.1, -0.05) is 26.7 Å². The zero-order valence-corrected chi connectivity index (χ0v) is 10.5. The molecule has 0 aromatic rings. The third kappa shape index (κ3) is 11.0. The molecule has 0 bridgehead atoms. The van der Waals surface area contributed by atoms with Crippen molar-refractivity contribution in [2.24, 2.45) is 5.92 Å². The van der Waals surface area contributed by atoms with Crippen molar-refractivity contribution in [3.8, 4) is 0 Å². The predicted molar refractivity (Wildman–Crippen MR) is 60.9 cm³/mol. The van der Waals surface area contributed by atoms with Crippen molar-refractivity contribution in [2.45, 2.75) is 46.5 Å². The summed E-state index contributed by atoms with van der Waals surface area (Å²) in [5, 5.41) is 0. The van der Waals surface area contributed by atoms with Gasteiger partial charge in [-0.2, -0.15) is 0 Å². The lowest BCUT2D eigenvalue weighted by Gasteiger charge is -2.06. The van der Waals surface area contributed by atoms with Crippen LogP contribution in [0.25, 0.3) is 0 Å². The van der Waals surface area contributed by atoms with E-state index < -0.39 is 0 Å². The molecule has 0 unspecified atom stereocenters. The Kier molecular flexibility index (Phi) is 8.58. The maximum Gasteiger partial charge on any atom is 0.305 e. The van der Waals surface area contributed by atoms with Crippen molar-refractivity contribution < 1.29 is 19.1 Å². The van der Waals surface area contributed by atoms with Gasteiger partial charge in [-0.3, -0.25) is 9.59 Å². The van der Waals surface area contributed by atoms with Gasteiger partial charge in [-0.25, -0.2) is 0 Å². The lowest BCUT2D eigenvalue weighted by atomic mass is 10.1. The Morgan fingerprint density at radius 1 is 1.06 bits per heavy atom. The molecule has 0 N–H and O–H groups in total. The van der Waals surface area contributed by atoms with Gasteiger partial charge in [0.15, 0.2) is 0 Å². The Balaban J connectivity index is 3.28. The second-order valence-electron chi connectivity index (χ2n) is 4.20. The second kappa shape index (κ2) is 9.19. The highest BCUT2D eigenvalue weighted by Gasteiger charge is 2.03. The summed E-state index contributed by atoms with van der Waals surface area (Å²) in [7, 11) is 0. The molecule has 0 atom stereocenters. The number of hydrogen-bond donors (Lipinski definition) is 0. The van der Waals surface area contributed by atoms with Crippen LogP contribution in [0.3, 0.4) is 0 Å². The summed E-state index contributed by atoms with van der Waals surface area (Å²) in [5.41, 5.74) is 0. The van der Waals surface area contributed by atoms with E-state index in [1.807, 2.05) is 0 Å². The molecule has 0 amide bonds. The normalized spacial score (nSPS) is 10.2. The van der Waals surface area contributed by atoms with Crippen LogP contribution in [0.5, 0.6) is 0 Å². The molecule has 0 aliphatic heterocycles. The monoisotopic (exact) mass is 230 g/mol. The fourth-order valence-electron chi connectivity index (χ4n) is 1.23. The molecule has 4 nitrogen and oxygen atoms in total. The SMILES string of the molecule is CC(=O)OCCOC(=O)CCCCC(C)C. The van der Waals surface area contributed by atoms with E-state index in [0.717, 1.165) is 19.3 Å². The summed E-state index contributed by atoms with van der Waals surface area (Å²) in [6.07, 6.45) is 3.51. The number of carbonyl (C=O) groups excluding carboxylic acids is 2. The predicted octanol–water partition coefficient (Wildman–Crippen LogP) is 2.31. The summed E-state index contributed by atoms with van der Waals surface area (Å²) in [6.45, 7) is 5.96. The van der Waals surface area contributed by atoms with Crippen LogP contribution >= 0.6 is 0 Å². The average molecular weight is 230 g/mol.